The maximum Gasteiger partial charge on any atom is 0.297 e. The van der Waals surface area contributed by atoms with E-state index in [1.165, 1.54) is 0 Å². The Kier molecular flexibility index (Phi) is 5.73. The van der Waals surface area contributed by atoms with E-state index in [1.54, 1.807) is 11.8 Å². The second kappa shape index (κ2) is 8.03. The molecule has 1 aromatic heterocycles. The highest BCUT2D eigenvalue weighted by Crippen LogP contribution is 2.47. The summed E-state index contributed by atoms with van der Waals surface area (Å²) in [7, 11) is 4.01. The summed E-state index contributed by atoms with van der Waals surface area (Å²) in [6.07, 6.45) is 3.90. The van der Waals surface area contributed by atoms with Crippen LogP contribution in [0.1, 0.15) is 0 Å². The highest BCUT2D eigenvalue weighted by molar-refractivity contribution is 7.99. The molecule has 1 aliphatic heterocycles. The number of carbonyl (C=O) groups excluding carboxylic acids is 1. The number of aromatic nitrogens is 1. The van der Waals surface area contributed by atoms with Crippen LogP contribution >= 0.6 is 11.8 Å². The second-order valence-corrected chi connectivity index (χ2v) is 7.47. The van der Waals surface area contributed by atoms with Gasteiger partial charge in [0.25, 0.3) is 5.91 Å². The zero-order valence-corrected chi connectivity index (χ0v) is 16.7. The molecule has 0 saturated heterocycles. The molecule has 1 amide bonds. The molecular formula is C21H20ClN3OS. The van der Waals surface area contributed by atoms with Gasteiger partial charge < -0.3 is 17.3 Å². The van der Waals surface area contributed by atoms with E-state index in [1.807, 2.05) is 89.4 Å². The van der Waals surface area contributed by atoms with Crippen molar-refractivity contribution >= 4 is 34.7 Å². The molecule has 0 unspecified atom stereocenters. The predicted molar refractivity (Wildman–Crippen MR) is 105 cm³/mol. The lowest BCUT2D eigenvalue weighted by Crippen LogP contribution is -3.00. The van der Waals surface area contributed by atoms with E-state index in [0.717, 1.165) is 26.9 Å². The zero-order chi connectivity index (χ0) is 18.1. The van der Waals surface area contributed by atoms with Crippen molar-refractivity contribution in [2.24, 2.45) is 0 Å². The number of hydrogen-bond acceptors (Lipinski definition) is 3. The Bertz CT molecular complexity index is 914. The van der Waals surface area contributed by atoms with Crippen LogP contribution in [0.4, 0.5) is 17.1 Å². The van der Waals surface area contributed by atoms with Crippen molar-refractivity contribution < 1.29 is 21.8 Å². The number of nitrogens with zero attached hydrogens (tertiary/aromatic N) is 3. The van der Waals surface area contributed by atoms with Crippen LogP contribution in [-0.4, -0.2) is 20.0 Å². The molecule has 0 fully saturated rings. The van der Waals surface area contributed by atoms with Crippen molar-refractivity contribution in [2.75, 3.05) is 23.9 Å². The molecule has 0 saturated carbocycles. The summed E-state index contributed by atoms with van der Waals surface area (Å²) in [5.74, 6) is 0.0489. The van der Waals surface area contributed by atoms with E-state index in [-0.39, 0.29) is 18.3 Å². The third-order valence-corrected chi connectivity index (χ3v) is 5.52. The molecule has 138 valence electrons. The van der Waals surface area contributed by atoms with Gasteiger partial charge in [0.2, 0.25) is 6.54 Å². The Balaban J connectivity index is 0.00000210. The summed E-state index contributed by atoms with van der Waals surface area (Å²) in [5, 5.41) is 0. The third-order valence-electron chi connectivity index (χ3n) is 4.39. The number of rotatable bonds is 3. The summed E-state index contributed by atoms with van der Waals surface area (Å²) in [4.78, 5) is 19.3. The first-order chi connectivity index (χ1) is 12.6. The van der Waals surface area contributed by atoms with Crippen LogP contribution in [-0.2, 0) is 11.3 Å². The quantitative estimate of drug-likeness (QED) is 0.614. The number of para-hydroxylation sites is 2. The minimum atomic E-state index is 0. The van der Waals surface area contributed by atoms with Crippen LogP contribution < -0.4 is 26.8 Å². The summed E-state index contributed by atoms with van der Waals surface area (Å²) >= 11 is 1.71. The average Bonchev–Trinajstić information content (AvgIpc) is 2.66. The minimum Gasteiger partial charge on any atom is -1.00 e. The number of benzene rings is 2. The standard InChI is InChI=1S/C21H20N3OS.ClH/c1-22(2)16-11-13-23(14-12-16)15-21(25)24-17-7-3-5-9-19(17)26-20-10-6-4-8-18(20)24;/h3-14H,15H2,1-2H3;1H/q+1;/p-1. The molecule has 2 aromatic carbocycles. The van der Waals surface area contributed by atoms with E-state index in [4.69, 9.17) is 0 Å². The van der Waals surface area contributed by atoms with Gasteiger partial charge in [-0.2, -0.15) is 4.57 Å². The molecule has 0 radical (unpaired) electrons. The first-order valence-corrected chi connectivity index (χ1v) is 9.30. The molecule has 6 heteroatoms. The number of pyridine rings is 1. The Hall–Kier alpha value is -2.50. The van der Waals surface area contributed by atoms with Crippen LogP contribution in [0.5, 0.6) is 0 Å². The Morgan fingerprint density at radius 3 is 1.96 bits per heavy atom. The Labute approximate surface area is 169 Å². The SMILES string of the molecule is CN(C)c1cc[n+](CC(=O)N2c3ccccc3Sc3ccccc32)cc1.[Cl-]. The van der Waals surface area contributed by atoms with Crippen molar-refractivity contribution in [3.63, 3.8) is 0 Å². The van der Waals surface area contributed by atoms with E-state index >= 15 is 0 Å². The van der Waals surface area contributed by atoms with Crippen molar-refractivity contribution in [3.8, 4) is 0 Å². The maximum absolute atomic E-state index is 13.2. The van der Waals surface area contributed by atoms with Gasteiger partial charge in [0, 0.05) is 41.7 Å². The van der Waals surface area contributed by atoms with Gasteiger partial charge in [-0.25, -0.2) is 0 Å². The van der Waals surface area contributed by atoms with E-state index in [9.17, 15) is 4.79 Å². The number of hydrogen-bond donors (Lipinski definition) is 0. The average molecular weight is 398 g/mol. The highest BCUT2D eigenvalue weighted by atomic mass is 35.5. The van der Waals surface area contributed by atoms with Crippen LogP contribution in [0.15, 0.2) is 82.8 Å². The molecular weight excluding hydrogens is 378 g/mol. The van der Waals surface area contributed by atoms with Crippen LogP contribution in [0.25, 0.3) is 0 Å². The molecule has 2 heterocycles. The lowest BCUT2D eigenvalue weighted by atomic mass is 10.2. The highest BCUT2D eigenvalue weighted by Gasteiger charge is 2.29. The molecule has 0 N–H and O–H groups in total. The van der Waals surface area contributed by atoms with Crippen molar-refractivity contribution in [2.45, 2.75) is 16.3 Å². The lowest BCUT2D eigenvalue weighted by molar-refractivity contribution is -0.684. The molecule has 4 rings (SSSR count). The number of carbonyl (C=O) groups is 1. The fraction of sp³-hybridized carbons (Fsp3) is 0.143. The number of amides is 1. The van der Waals surface area contributed by atoms with E-state index in [2.05, 4.69) is 12.1 Å². The molecule has 0 spiro atoms. The number of halogens is 1. The zero-order valence-electron chi connectivity index (χ0n) is 15.2. The summed E-state index contributed by atoms with van der Waals surface area (Å²) in [5.41, 5.74) is 3.01. The van der Waals surface area contributed by atoms with Gasteiger partial charge in [0.1, 0.15) is 0 Å². The normalized spacial score (nSPS) is 11.9. The van der Waals surface area contributed by atoms with Crippen LogP contribution in [0.2, 0.25) is 0 Å². The van der Waals surface area contributed by atoms with Crippen LogP contribution in [0.3, 0.4) is 0 Å². The number of anilines is 3. The number of fused-ring (bicyclic) bond motifs is 2. The van der Waals surface area contributed by atoms with Gasteiger partial charge >= 0.3 is 0 Å². The summed E-state index contributed by atoms with van der Waals surface area (Å²) < 4.78 is 1.92. The van der Waals surface area contributed by atoms with Crippen molar-refractivity contribution in [3.05, 3.63) is 73.1 Å². The predicted octanol–water partition coefficient (Wildman–Crippen LogP) is 0.874. The van der Waals surface area contributed by atoms with Crippen molar-refractivity contribution in [1.29, 1.82) is 0 Å². The Morgan fingerprint density at radius 2 is 1.44 bits per heavy atom. The van der Waals surface area contributed by atoms with Gasteiger partial charge in [-0.15, -0.1) is 0 Å². The molecule has 3 aromatic rings. The second-order valence-electron chi connectivity index (χ2n) is 6.39. The van der Waals surface area contributed by atoms with Gasteiger partial charge in [0.05, 0.1) is 11.4 Å². The fourth-order valence-corrected chi connectivity index (χ4v) is 4.11. The molecule has 0 bridgehead atoms. The minimum absolute atomic E-state index is 0. The van der Waals surface area contributed by atoms with Gasteiger partial charge in [-0.3, -0.25) is 9.69 Å². The van der Waals surface area contributed by atoms with E-state index in [0.29, 0.717) is 6.54 Å². The summed E-state index contributed by atoms with van der Waals surface area (Å²) in [6, 6.07) is 20.2. The molecule has 1 aliphatic rings. The van der Waals surface area contributed by atoms with Gasteiger partial charge in [-0.1, -0.05) is 36.0 Å². The smallest absolute Gasteiger partial charge is 0.297 e. The lowest BCUT2D eigenvalue weighted by Gasteiger charge is -2.30. The molecule has 27 heavy (non-hydrogen) atoms. The first-order valence-electron chi connectivity index (χ1n) is 8.49. The van der Waals surface area contributed by atoms with Crippen molar-refractivity contribution in [1.82, 2.24) is 0 Å². The Morgan fingerprint density at radius 1 is 0.926 bits per heavy atom. The van der Waals surface area contributed by atoms with Crippen LogP contribution in [0, 0.1) is 0 Å². The van der Waals surface area contributed by atoms with Gasteiger partial charge in [-0.05, 0) is 24.3 Å². The molecule has 0 atom stereocenters. The topological polar surface area (TPSA) is 27.4 Å². The fourth-order valence-electron chi connectivity index (χ4n) is 3.05. The molecule has 0 aliphatic carbocycles. The molecule has 4 nitrogen and oxygen atoms in total. The van der Waals surface area contributed by atoms with Gasteiger partial charge in [0.15, 0.2) is 12.4 Å². The van der Waals surface area contributed by atoms with E-state index < -0.39 is 0 Å². The largest absolute Gasteiger partial charge is 1.00 e. The first kappa shape index (κ1) is 19.3. The summed E-state index contributed by atoms with van der Waals surface area (Å²) in [6.45, 7) is 0.293. The monoisotopic (exact) mass is 397 g/mol. The maximum atomic E-state index is 13.2. The third kappa shape index (κ3) is 3.80.